The van der Waals surface area contributed by atoms with E-state index in [0.29, 0.717) is 17.1 Å². The van der Waals surface area contributed by atoms with Gasteiger partial charge in [0.15, 0.2) is 0 Å². The molecule has 1 aromatic carbocycles. The first-order chi connectivity index (χ1) is 8.15. The van der Waals surface area contributed by atoms with Gasteiger partial charge in [0.25, 0.3) is 5.91 Å². The fraction of sp³-hybridized carbons (Fsp3) is 0.333. The third-order valence-corrected chi connectivity index (χ3v) is 2.73. The number of halogens is 1. The summed E-state index contributed by atoms with van der Waals surface area (Å²) in [5, 5.41) is 7.24. The Morgan fingerprint density at radius 2 is 2.24 bits per heavy atom. The molecule has 1 aliphatic rings. The number of amides is 1. The number of benzene rings is 1. The molecule has 0 spiro atoms. The Morgan fingerprint density at radius 1 is 1.53 bits per heavy atom. The Labute approximate surface area is 105 Å². The molecule has 0 saturated carbocycles. The van der Waals surface area contributed by atoms with Crippen LogP contribution < -0.4 is 5.32 Å². The third kappa shape index (κ3) is 3.20. The molecular formula is C12H13ClN2O2. The summed E-state index contributed by atoms with van der Waals surface area (Å²) in [7, 11) is 0. The summed E-state index contributed by atoms with van der Waals surface area (Å²) in [5.41, 5.74) is 1.54. The molecule has 5 heteroatoms. The molecule has 1 unspecified atom stereocenters. The first-order valence-corrected chi connectivity index (χ1v) is 5.76. The molecule has 1 aliphatic heterocycles. The molecule has 0 bridgehead atoms. The average Bonchev–Trinajstić information content (AvgIpc) is 2.73. The van der Waals surface area contributed by atoms with Gasteiger partial charge >= 0.3 is 0 Å². The maximum absolute atomic E-state index is 11.7. The molecule has 0 radical (unpaired) electrons. The number of oxime groups is 1. The summed E-state index contributed by atoms with van der Waals surface area (Å²) in [6.07, 6.45) is 0.715. The van der Waals surface area contributed by atoms with Gasteiger partial charge in [-0.2, -0.15) is 0 Å². The number of hydrogen-bond acceptors (Lipinski definition) is 3. The Bertz CT molecular complexity index is 442. The van der Waals surface area contributed by atoms with Gasteiger partial charge in [0, 0.05) is 17.0 Å². The molecule has 0 fully saturated rings. The van der Waals surface area contributed by atoms with E-state index in [1.807, 2.05) is 6.92 Å². The smallest absolute Gasteiger partial charge is 0.251 e. The van der Waals surface area contributed by atoms with Crippen molar-refractivity contribution in [3.8, 4) is 0 Å². The zero-order valence-electron chi connectivity index (χ0n) is 9.44. The molecule has 0 saturated heterocycles. The molecule has 2 rings (SSSR count). The van der Waals surface area contributed by atoms with Crippen LogP contribution in [0.5, 0.6) is 0 Å². The molecule has 90 valence electrons. The Kier molecular flexibility index (Phi) is 3.64. The van der Waals surface area contributed by atoms with E-state index in [0.717, 1.165) is 12.1 Å². The summed E-state index contributed by atoms with van der Waals surface area (Å²) in [5.74, 6) is -0.130. The van der Waals surface area contributed by atoms with E-state index in [4.69, 9.17) is 16.4 Å². The van der Waals surface area contributed by atoms with E-state index in [2.05, 4.69) is 10.5 Å². The number of nitrogens with one attached hydrogen (secondary N) is 1. The van der Waals surface area contributed by atoms with E-state index in [1.165, 1.54) is 0 Å². The fourth-order valence-corrected chi connectivity index (χ4v) is 1.71. The van der Waals surface area contributed by atoms with Gasteiger partial charge in [-0.05, 0) is 31.2 Å². The quantitative estimate of drug-likeness (QED) is 0.897. The van der Waals surface area contributed by atoms with Gasteiger partial charge in [-0.1, -0.05) is 16.8 Å². The summed E-state index contributed by atoms with van der Waals surface area (Å²) in [6, 6.07) is 6.76. The van der Waals surface area contributed by atoms with Crippen molar-refractivity contribution in [3.63, 3.8) is 0 Å². The molecule has 1 atom stereocenters. The van der Waals surface area contributed by atoms with Crippen LogP contribution in [-0.4, -0.2) is 24.3 Å². The highest BCUT2D eigenvalue weighted by Gasteiger charge is 2.18. The SMILES string of the molecule is CC1=NOC(CNC(=O)c2ccc(Cl)cc2)C1. The molecule has 1 aromatic rings. The van der Waals surface area contributed by atoms with Crippen LogP contribution in [0.3, 0.4) is 0 Å². The molecule has 17 heavy (non-hydrogen) atoms. The second-order valence-electron chi connectivity index (χ2n) is 3.98. The monoisotopic (exact) mass is 252 g/mol. The average molecular weight is 253 g/mol. The predicted octanol–water partition coefficient (Wildman–Crippen LogP) is 2.23. The van der Waals surface area contributed by atoms with Crippen molar-refractivity contribution in [3.05, 3.63) is 34.9 Å². The summed E-state index contributed by atoms with van der Waals surface area (Å²) < 4.78 is 0. The summed E-state index contributed by atoms with van der Waals surface area (Å²) >= 11 is 5.75. The van der Waals surface area contributed by atoms with E-state index in [9.17, 15) is 4.79 Å². The maximum Gasteiger partial charge on any atom is 0.251 e. The summed E-state index contributed by atoms with van der Waals surface area (Å²) in [4.78, 5) is 16.9. The van der Waals surface area contributed by atoms with E-state index < -0.39 is 0 Å². The van der Waals surface area contributed by atoms with Crippen LogP contribution >= 0.6 is 11.6 Å². The van der Waals surface area contributed by atoms with Crippen molar-refractivity contribution in [2.24, 2.45) is 5.16 Å². The lowest BCUT2D eigenvalue weighted by atomic mass is 10.2. The lowest BCUT2D eigenvalue weighted by Crippen LogP contribution is -2.32. The zero-order valence-corrected chi connectivity index (χ0v) is 10.2. The minimum atomic E-state index is -0.130. The van der Waals surface area contributed by atoms with Gasteiger partial charge in [0.1, 0.15) is 6.10 Å². The van der Waals surface area contributed by atoms with Gasteiger partial charge in [0.2, 0.25) is 0 Å². The van der Waals surface area contributed by atoms with Gasteiger partial charge in [-0.25, -0.2) is 0 Å². The van der Waals surface area contributed by atoms with Crippen molar-refractivity contribution in [2.75, 3.05) is 6.54 Å². The minimum Gasteiger partial charge on any atom is -0.390 e. The number of nitrogens with zero attached hydrogens (tertiary/aromatic N) is 1. The number of hydrogen-bond donors (Lipinski definition) is 1. The van der Waals surface area contributed by atoms with E-state index in [1.54, 1.807) is 24.3 Å². The van der Waals surface area contributed by atoms with Crippen LogP contribution in [-0.2, 0) is 4.84 Å². The largest absolute Gasteiger partial charge is 0.390 e. The molecule has 1 amide bonds. The molecular weight excluding hydrogens is 240 g/mol. The first-order valence-electron chi connectivity index (χ1n) is 5.38. The van der Waals surface area contributed by atoms with Crippen LogP contribution in [0.2, 0.25) is 5.02 Å². The Morgan fingerprint density at radius 3 is 2.82 bits per heavy atom. The van der Waals surface area contributed by atoms with Crippen molar-refractivity contribution in [1.29, 1.82) is 0 Å². The fourth-order valence-electron chi connectivity index (χ4n) is 1.59. The van der Waals surface area contributed by atoms with Crippen molar-refractivity contribution >= 4 is 23.2 Å². The van der Waals surface area contributed by atoms with Crippen LogP contribution in [0.4, 0.5) is 0 Å². The lowest BCUT2D eigenvalue weighted by Gasteiger charge is -2.09. The molecule has 1 N–H and O–H groups in total. The first kappa shape index (κ1) is 11.9. The van der Waals surface area contributed by atoms with Crippen molar-refractivity contribution < 1.29 is 9.63 Å². The van der Waals surface area contributed by atoms with Crippen LogP contribution in [0, 0.1) is 0 Å². The second kappa shape index (κ2) is 5.19. The van der Waals surface area contributed by atoms with Crippen LogP contribution in [0.15, 0.2) is 29.4 Å². The molecule has 4 nitrogen and oxygen atoms in total. The maximum atomic E-state index is 11.7. The van der Waals surface area contributed by atoms with Gasteiger partial charge < -0.3 is 10.2 Å². The zero-order chi connectivity index (χ0) is 12.3. The van der Waals surface area contributed by atoms with E-state index >= 15 is 0 Å². The predicted molar refractivity (Wildman–Crippen MR) is 66.4 cm³/mol. The summed E-state index contributed by atoms with van der Waals surface area (Å²) in [6.45, 7) is 2.36. The number of carbonyl (C=O) groups excluding carboxylic acids is 1. The van der Waals surface area contributed by atoms with Crippen molar-refractivity contribution in [1.82, 2.24) is 5.32 Å². The minimum absolute atomic E-state index is 0.0498. The number of carbonyl (C=O) groups is 1. The van der Waals surface area contributed by atoms with Crippen molar-refractivity contribution in [2.45, 2.75) is 19.4 Å². The molecule has 1 heterocycles. The van der Waals surface area contributed by atoms with Gasteiger partial charge in [0.05, 0.1) is 12.3 Å². The van der Waals surface area contributed by atoms with Gasteiger partial charge in [-0.3, -0.25) is 4.79 Å². The van der Waals surface area contributed by atoms with E-state index in [-0.39, 0.29) is 12.0 Å². The third-order valence-electron chi connectivity index (χ3n) is 2.48. The number of rotatable bonds is 3. The Hall–Kier alpha value is -1.55. The normalized spacial score (nSPS) is 18.5. The highest BCUT2D eigenvalue weighted by atomic mass is 35.5. The Balaban J connectivity index is 1.83. The van der Waals surface area contributed by atoms with Gasteiger partial charge in [-0.15, -0.1) is 0 Å². The van der Waals surface area contributed by atoms with Crippen LogP contribution in [0.25, 0.3) is 0 Å². The second-order valence-corrected chi connectivity index (χ2v) is 4.41. The highest BCUT2D eigenvalue weighted by Crippen LogP contribution is 2.11. The topological polar surface area (TPSA) is 50.7 Å². The standard InChI is InChI=1S/C12H13ClN2O2/c1-8-6-11(17-15-8)7-14-12(16)9-2-4-10(13)5-3-9/h2-5,11H,6-7H2,1H3,(H,14,16). The highest BCUT2D eigenvalue weighted by molar-refractivity contribution is 6.30. The molecule has 0 aromatic heterocycles. The lowest BCUT2D eigenvalue weighted by molar-refractivity contribution is 0.0753. The molecule has 0 aliphatic carbocycles. The van der Waals surface area contributed by atoms with Crippen LogP contribution in [0.1, 0.15) is 23.7 Å².